The van der Waals surface area contributed by atoms with E-state index in [0.29, 0.717) is 0 Å². The predicted octanol–water partition coefficient (Wildman–Crippen LogP) is 2.66. The van der Waals surface area contributed by atoms with Crippen molar-refractivity contribution < 1.29 is 0 Å². The molecule has 0 radical (unpaired) electrons. The first-order valence-corrected chi connectivity index (χ1v) is 5.05. The van der Waals surface area contributed by atoms with Gasteiger partial charge in [-0.2, -0.15) is 0 Å². The first kappa shape index (κ1) is 8.76. The van der Waals surface area contributed by atoms with E-state index in [4.69, 9.17) is 0 Å². The summed E-state index contributed by atoms with van der Waals surface area (Å²) in [6.07, 6.45) is 0. The second-order valence-electron chi connectivity index (χ2n) is 4.33. The summed E-state index contributed by atoms with van der Waals surface area (Å²) in [7, 11) is 0. The molecule has 0 atom stereocenters. The van der Waals surface area contributed by atoms with Crippen molar-refractivity contribution in [3.05, 3.63) is 35.4 Å². The number of nitrogens with zero attached hydrogens (tertiary/aromatic N) is 1. The number of benzene rings is 1. The Kier molecular flexibility index (Phi) is 2.36. The maximum Gasteiger partial charge on any atom is 0.0240 e. The molecule has 1 aromatic rings. The number of fused-ring (bicyclic) bond motifs is 1. The molecule has 1 nitrogen and oxygen atoms in total. The Morgan fingerprint density at radius 1 is 1.15 bits per heavy atom. The topological polar surface area (TPSA) is 3.24 Å². The average Bonchev–Trinajstić information content (AvgIpc) is 2.44. The lowest BCUT2D eigenvalue weighted by atomic mass is 10.1. The summed E-state index contributed by atoms with van der Waals surface area (Å²) in [5, 5.41) is 0. The second-order valence-corrected chi connectivity index (χ2v) is 4.33. The van der Waals surface area contributed by atoms with Crippen LogP contribution in [-0.2, 0) is 13.1 Å². The van der Waals surface area contributed by atoms with Crippen molar-refractivity contribution in [2.75, 3.05) is 6.54 Å². The minimum absolute atomic E-state index is 0.773. The van der Waals surface area contributed by atoms with Gasteiger partial charge in [-0.25, -0.2) is 0 Å². The number of hydrogen-bond donors (Lipinski definition) is 0. The highest BCUT2D eigenvalue weighted by Gasteiger charge is 2.17. The Hall–Kier alpha value is -0.820. The highest BCUT2D eigenvalue weighted by molar-refractivity contribution is 5.30. The van der Waals surface area contributed by atoms with E-state index in [1.807, 2.05) is 0 Å². The largest absolute Gasteiger partial charge is 0.295 e. The molecule has 0 saturated heterocycles. The highest BCUT2D eigenvalue weighted by atomic mass is 15.1. The number of hydrogen-bond acceptors (Lipinski definition) is 1. The molecule has 2 rings (SSSR count). The zero-order valence-corrected chi connectivity index (χ0v) is 8.46. The predicted molar refractivity (Wildman–Crippen MR) is 55.4 cm³/mol. The third-order valence-electron chi connectivity index (χ3n) is 2.53. The van der Waals surface area contributed by atoms with E-state index in [2.05, 4.69) is 43.0 Å². The van der Waals surface area contributed by atoms with E-state index in [-0.39, 0.29) is 0 Å². The molecule has 0 bridgehead atoms. The van der Waals surface area contributed by atoms with Gasteiger partial charge in [0.1, 0.15) is 0 Å². The van der Waals surface area contributed by atoms with Crippen molar-refractivity contribution >= 4 is 0 Å². The molecule has 13 heavy (non-hydrogen) atoms. The van der Waals surface area contributed by atoms with Crippen LogP contribution in [0, 0.1) is 5.92 Å². The summed E-state index contributed by atoms with van der Waals surface area (Å²) >= 11 is 0. The van der Waals surface area contributed by atoms with E-state index in [0.717, 1.165) is 19.0 Å². The fraction of sp³-hybridized carbons (Fsp3) is 0.500. The molecule has 0 aromatic heterocycles. The van der Waals surface area contributed by atoms with E-state index < -0.39 is 0 Å². The molecule has 0 N–H and O–H groups in total. The Bertz CT molecular complexity index is 266. The minimum atomic E-state index is 0.773. The minimum Gasteiger partial charge on any atom is -0.295 e. The third kappa shape index (κ3) is 1.92. The molecule has 1 aliphatic heterocycles. The van der Waals surface area contributed by atoms with Gasteiger partial charge >= 0.3 is 0 Å². The number of rotatable bonds is 2. The van der Waals surface area contributed by atoms with Gasteiger partial charge in [0.15, 0.2) is 0 Å². The van der Waals surface area contributed by atoms with E-state index in [1.165, 1.54) is 17.7 Å². The van der Waals surface area contributed by atoms with Gasteiger partial charge in [-0.15, -0.1) is 0 Å². The van der Waals surface area contributed by atoms with Crippen LogP contribution in [0.15, 0.2) is 24.3 Å². The fourth-order valence-corrected chi connectivity index (χ4v) is 2.05. The van der Waals surface area contributed by atoms with Crippen LogP contribution in [0.1, 0.15) is 25.0 Å². The van der Waals surface area contributed by atoms with Crippen LogP contribution in [-0.4, -0.2) is 11.4 Å². The average molecular weight is 175 g/mol. The summed E-state index contributed by atoms with van der Waals surface area (Å²) in [5.41, 5.74) is 3.03. The first-order chi connectivity index (χ1) is 6.25. The van der Waals surface area contributed by atoms with Gasteiger partial charge in [0.2, 0.25) is 0 Å². The van der Waals surface area contributed by atoms with Crippen molar-refractivity contribution in [3.8, 4) is 0 Å². The molecule has 0 amide bonds. The summed E-state index contributed by atoms with van der Waals surface area (Å²) in [6, 6.07) is 8.76. The lowest BCUT2D eigenvalue weighted by molar-refractivity contribution is 0.251. The summed E-state index contributed by atoms with van der Waals surface area (Å²) < 4.78 is 0. The standard InChI is InChI=1S/C12H17N/c1-10(2)7-13-8-11-5-3-4-6-12(11)9-13/h3-6,10H,7-9H2,1-2H3. The van der Waals surface area contributed by atoms with Gasteiger partial charge in [0.05, 0.1) is 0 Å². The molecule has 0 aliphatic carbocycles. The second kappa shape index (κ2) is 3.51. The van der Waals surface area contributed by atoms with Gasteiger partial charge < -0.3 is 0 Å². The Morgan fingerprint density at radius 3 is 2.15 bits per heavy atom. The van der Waals surface area contributed by atoms with E-state index >= 15 is 0 Å². The molecule has 0 saturated carbocycles. The van der Waals surface area contributed by atoms with Crippen LogP contribution in [0.5, 0.6) is 0 Å². The van der Waals surface area contributed by atoms with Gasteiger partial charge in [0, 0.05) is 19.6 Å². The van der Waals surface area contributed by atoms with Crippen LogP contribution in [0.3, 0.4) is 0 Å². The smallest absolute Gasteiger partial charge is 0.0240 e. The van der Waals surface area contributed by atoms with Gasteiger partial charge in [-0.05, 0) is 17.0 Å². The molecule has 0 fully saturated rings. The zero-order valence-electron chi connectivity index (χ0n) is 8.46. The molecule has 1 heteroatoms. The molecule has 0 unspecified atom stereocenters. The van der Waals surface area contributed by atoms with Gasteiger partial charge in [-0.3, -0.25) is 4.90 Å². The molecule has 70 valence electrons. The third-order valence-corrected chi connectivity index (χ3v) is 2.53. The van der Waals surface area contributed by atoms with Crippen LogP contribution >= 0.6 is 0 Å². The molecule has 1 heterocycles. The monoisotopic (exact) mass is 175 g/mol. The van der Waals surface area contributed by atoms with Crippen molar-refractivity contribution in [1.82, 2.24) is 4.90 Å². The molecule has 1 aliphatic rings. The lowest BCUT2D eigenvalue weighted by Crippen LogP contribution is -2.21. The SMILES string of the molecule is CC(C)CN1Cc2ccccc2C1. The van der Waals surface area contributed by atoms with Crippen LogP contribution in [0.2, 0.25) is 0 Å². The van der Waals surface area contributed by atoms with Crippen LogP contribution < -0.4 is 0 Å². The van der Waals surface area contributed by atoms with Gasteiger partial charge in [-0.1, -0.05) is 38.1 Å². The molecular weight excluding hydrogens is 158 g/mol. The quantitative estimate of drug-likeness (QED) is 0.668. The highest BCUT2D eigenvalue weighted by Crippen LogP contribution is 2.22. The molecular formula is C12H17N. The van der Waals surface area contributed by atoms with Crippen molar-refractivity contribution in [1.29, 1.82) is 0 Å². The molecule has 0 spiro atoms. The fourth-order valence-electron chi connectivity index (χ4n) is 2.05. The maximum absolute atomic E-state index is 2.52. The zero-order chi connectivity index (χ0) is 9.26. The van der Waals surface area contributed by atoms with Crippen LogP contribution in [0.4, 0.5) is 0 Å². The maximum atomic E-state index is 2.52. The lowest BCUT2D eigenvalue weighted by Gasteiger charge is -2.16. The summed E-state index contributed by atoms with van der Waals surface area (Å²) in [5.74, 6) is 0.773. The Morgan fingerprint density at radius 2 is 1.69 bits per heavy atom. The van der Waals surface area contributed by atoms with Crippen molar-refractivity contribution in [2.24, 2.45) is 5.92 Å². The molecule has 1 aromatic carbocycles. The van der Waals surface area contributed by atoms with E-state index in [1.54, 1.807) is 0 Å². The van der Waals surface area contributed by atoms with Crippen molar-refractivity contribution in [3.63, 3.8) is 0 Å². The van der Waals surface area contributed by atoms with Gasteiger partial charge in [0.25, 0.3) is 0 Å². The van der Waals surface area contributed by atoms with Crippen LogP contribution in [0.25, 0.3) is 0 Å². The summed E-state index contributed by atoms with van der Waals surface area (Å²) in [6.45, 7) is 8.07. The normalized spacial score (nSPS) is 16.5. The first-order valence-electron chi connectivity index (χ1n) is 5.05. The van der Waals surface area contributed by atoms with Crippen molar-refractivity contribution in [2.45, 2.75) is 26.9 Å². The Balaban J connectivity index is 2.05. The van der Waals surface area contributed by atoms with E-state index in [9.17, 15) is 0 Å². The Labute approximate surface area is 80.4 Å². The summed E-state index contributed by atoms with van der Waals surface area (Å²) in [4.78, 5) is 2.52.